The first-order chi connectivity index (χ1) is 8.28. The van der Waals surface area contributed by atoms with Gasteiger partial charge in [0.1, 0.15) is 0 Å². The van der Waals surface area contributed by atoms with Crippen molar-refractivity contribution in [2.75, 3.05) is 18.0 Å². The summed E-state index contributed by atoms with van der Waals surface area (Å²) in [5.41, 5.74) is 2.29. The smallest absolute Gasteiger partial charge is 0.0488 e. The highest BCUT2D eigenvalue weighted by Gasteiger charge is 2.36. The third kappa shape index (κ3) is 2.15. The molecular weight excluding hydrogens is 253 g/mol. The Morgan fingerprint density at radius 2 is 1.88 bits per heavy atom. The molecule has 0 aromatic heterocycles. The van der Waals surface area contributed by atoms with Crippen molar-refractivity contribution in [2.45, 2.75) is 25.1 Å². The Hall–Kier alpha value is -0.400. The topological polar surface area (TPSA) is 3.24 Å². The molecule has 0 N–H and O–H groups in total. The highest BCUT2D eigenvalue weighted by molar-refractivity contribution is 6.32. The van der Waals surface area contributed by atoms with Gasteiger partial charge in [-0.1, -0.05) is 24.1 Å². The number of alkyl halides is 1. The van der Waals surface area contributed by atoms with Gasteiger partial charge in [-0.05, 0) is 42.4 Å². The molecule has 3 heteroatoms. The van der Waals surface area contributed by atoms with E-state index in [1.165, 1.54) is 38.0 Å². The van der Waals surface area contributed by atoms with Gasteiger partial charge in [-0.15, -0.1) is 11.6 Å². The normalized spacial score (nSPS) is 27.5. The quantitative estimate of drug-likeness (QED) is 0.723. The van der Waals surface area contributed by atoms with Crippen molar-refractivity contribution < 1.29 is 0 Å². The van der Waals surface area contributed by atoms with E-state index in [0.29, 0.717) is 5.88 Å². The molecule has 0 spiro atoms. The molecule has 2 atom stereocenters. The predicted molar refractivity (Wildman–Crippen MR) is 74.1 cm³/mol. The van der Waals surface area contributed by atoms with Gasteiger partial charge in [-0.2, -0.15) is 0 Å². The molecular formula is C14H17Cl2N. The van der Waals surface area contributed by atoms with E-state index in [1.807, 2.05) is 0 Å². The van der Waals surface area contributed by atoms with Crippen LogP contribution in [0.25, 0.3) is 0 Å². The van der Waals surface area contributed by atoms with Crippen LogP contribution in [0.3, 0.4) is 0 Å². The van der Waals surface area contributed by atoms with Gasteiger partial charge in [0.25, 0.3) is 0 Å². The molecule has 1 aliphatic heterocycles. The SMILES string of the molecule is ClCc1ccc(N2CC3CCCC3C2)cc1Cl. The Morgan fingerprint density at radius 3 is 2.47 bits per heavy atom. The van der Waals surface area contributed by atoms with Crippen LogP contribution in [0, 0.1) is 11.8 Å². The Bertz CT molecular complexity index is 407. The van der Waals surface area contributed by atoms with Crippen LogP contribution in [0.2, 0.25) is 5.02 Å². The van der Waals surface area contributed by atoms with E-state index in [4.69, 9.17) is 23.2 Å². The number of rotatable bonds is 2. The van der Waals surface area contributed by atoms with Crippen LogP contribution in [-0.2, 0) is 5.88 Å². The van der Waals surface area contributed by atoms with E-state index >= 15 is 0 Å². The Kier molecular flexibility index (Phi) is 3.23. The van der Waals surface area contributed by atoms with Gasteiger partial charge >= 0.3 is 0 Å². The second kappa shape index (κ2) is 4.70. The third-order valence-electron chi connectivity index (χ3n) is 4.27. The van der Waals surface area contributed by atoms with Gasteiger partial charge < -0.3 is 4.90 Å². The fraction of sp³-hybridized carbons (Fsp3) is 0.571. The lowest BCUT2D eigenvalue weighted by atomic mass is 10.0. The third-order valence-corrected chi connectivity index (χ3v) is 4.91. The molecule has 1 aromatic carbocycles. The van der Waals surface area contributed by atoms with Crippen LogP contribution in [0.4, 0.5) is 5.69 Å². The summed E-state index contributed by atoms with van der Waals surface area (Å²) in [7, 11) is 0. The number of halogens is 2. The van der Waals surface area contributed by atoms with Crippen molar-refractivity contribution in [1.82, 2.24) is 0 Å². The van der Waals surface area contributed by atoms with Crippen molar-refractivity contribution in [3.63, 3.8) is 0 Å². The minimum atomic E-state index is 0.490. The van der Waals surface area contributed by atoms with Gasteiger partial charge in [-0.25, -0.2) is 0 Å². The molecule has 2 fully saturated rings. The Morgan fingerprint density at radius 1 is 1.18 bits per heavy atom. The first-order valence-corrected chi connectivity index (χ1v) is 7.28. The number of anilines is 1. The number of fused-ring (bicyclic) bond motifs is 1. The maximum atomic E-state index is 6.22. The summed E-state index contributed by atoms with van der Waals surface area (Å²) in [6.45, 7) is 2.42. The zero-order valence-electron chi connectivity index (χ0n) is 9.83. The van der Waals surface area contributed by atoms with Crippen molar-refractivity contribution in [3.8, 4) is 0 Å². The zero-order valence-corrected chi connectivity index (χ0v) is 11.3. The fourth-order valence-corrected chi connectivity index (χ4v) is 3.83. The Labute approximate surface area is 113 Å². The molecule has 1 saturated carbocycles. The molecule has 2 aliphatic rings. The van der Waals surface area contributed by atoms with Gasteiger partial charge in [0.15, 0.2) is 0 Å². The number of benzene rings is 1. The molecule has 92 valence electrons. The van der Waals surface area contributed by atoms with Gasteiger partial charge in [-0.3, -0.25) is 0 Å². The second-order valence-corrected chi connectivity index (χ2v) is 5.94. The molecule has 1 aromatic rings. The van der Waals surface area contributed by atoms with E-state index in [1.54, 1.807) is 0 Å². The molecule has 1 aliphatic carbocycles. The van der Waals surface area contributed by atoms with E-state index < -0.39 is 0 Å². The van der Waals surface area contributed by atoms with Gasteiger partial charge in [0.2, 0.25) is 0 Å². The highest BCUT2D eigenvalue weighted by atomic mass is 35.5. The summed E-state index contributed by atoms with van der Waals surface area (Å²) in [6, 6.07) is 6.28. The van der Waals surface area contributed by atoms with Gasteiger partial charge in [0.05, 0.1) is 0 Å². The lowest BCUT2D eigenvalue weighted by Gasteiger charge is -2.20. The molecule has 2 unspecified atom stereocenters. The van der Waals surface area contributed by atoms with Crippen LogP contribution in [0.1, 0.15) is 24.8 Å². The molecule has 3 rings (SSSR count). The summed E-state index contributed by atoms with van der Waals surface area (Å²) >= 11 is 12.0. The van der Waals surface area contributed by atoms with Crippen LogP contribution in [0.5, 0.6) is 0 Å². The van der Waals surface area contributed by atoms with Crippen molar-refractivity contribution >= 4 is 28.9 Å². The average Bonchev–Trinajstić information content (AvgIpc) is 2.88. The number of nitrogens with zero attached hydrogens (tertiary/aromatic N) is 1. The lowest BCUT2D eigenvalue weighted by Crippen LogP contribution is -2.20. The molecule has 1 nitrogen and oxygen atoms in total. The molecule has 1 saturated heterocycles. The number of hydrogen-bond acceptors (Lipinski definition) is 1. The fourth-order valence-electron chi connectivity index (χ4n) is 3.29. The van der Waals surface area contributed by atoms with Crippen LogP contribution in [-0.4, -0.2) is 13.1 Å². The first kappa shape index (κ1) is 11.7. The van der Waals surface area contributed by atoms with E-state index in [9.17, 15) is 0 Å². The van der Waals surface area contributed by atoms with Crippen LogP contribution < -0.4 is 4.90 Å². The zero-order chi connectivity index (χ0) is 11.8. The summed E-state index contributed by atoms with van der Waals surface area (Å²) in [5.74, 6) is 2.33. The lowest BCUT2D eigenvalue weighted by molar-refractivity contribution is 0.494. The monoisotopic (exact) mass is 269 g/mol. The molecule has 0 bridgehead atoms. The maximum absolute atomic E-state index is 6.22. The first-order valence-electron chi connectivity index (χ1n) is 6.37. The molecule has 0 amide bonds. The summed E-state index contributed by atoms with van der Waals surface area (Å²) < 4.78 is 0. The van der Waals surface area contributed by atoms with Crippen molar-refractivity contribution in [2.24, 2.45) is 11.8 Å². The van der Waals surface area contributed by atoms with Crippen molar-refractivity contribution in [1.29, 1.82) is 0 Å². The predicted octanol–water partition coefficient (Wildman–Crippen LogP) is 4.32. The van der Waals surface area contributed by atoms with Crippen LogP contribution >= 0.6 is 23.2 Å². The van der Waals surface area contributed by atoms with E-state index in [2.05, 4.69) is 23.1 Å². The van der Waals surface area contributed by atoms with Crippen molar-refractivity contribution in [3.05, 3.63) is 28.8 Å². The largest absolute Gasteiger partial charge is 0.371 e. The minimum Gasteiger partial charge on any atom is -0.371 e. The van der Waals surface area contributed by atoms with Gasteiger partial charge in [0, 0.05) is 29.7 Å². The van der Waals surface area contributed by atoms with Crippen LogP contribution in [0.15, 0.2) is 18.2 Å². The second-order valence-electron chi connectivity index (χ2n) is 5.27. The Balaban J connectivity index is 1.79. The van der Waals surface area contributed by atoms with E-state index in [0.717, 1.165) is 22.4 Å². The minimum absolute atomic E-state index is 0.490. The van der Waals surface area contributed by atoms with E-state index in [-0.39, 0.29) is 0 Å². The highest BCUT2D eigenvalue weighted by Crippen LogP contribution is 2.40. The molecule has 1 heterocycles. The molecule has 17 heavy (non-hydrogen) atoms. The number of hydrogen-bond donors (Lipinski definition) is 0. The average molecular weight is 270 g/mol. The summed E-state index contributed by atoms with van der Waals surface area (Å²) in [4.78, 5) is 2.48. The summed E-state index contributed by atoms with van der Waals surface area (Å²) in [6.07, 6.45) is 4.25. The standard InChI is InChI=1S/C14H17Cl2N/c15-7-10-4-5-13(6-14(10)16)17-8-11-2-1-3-12(11)9-17/h4-6,11-12H,1-3,7-9H2. The summed E-state index contributed by atoms with van der Waals surface area (Å²) in [5, 5.41) is 0.801. The maximum Gasteiger partial charge on any atom is 0.0488 e. The molecule has 0 radical (unpaired) electrons.